The van der Waals surface area contributed by atoms with Crippen molar-refractivity contribution < 1.29 is 4.39 Å². The van der Waals surface area contributed by atoms with Gasteiger partial charge in [-0.05, 0) is 36.9 Å². The second-order valence-corrected chi connectivity index (χ2v) is 6.07. The summed E-state index contributed by atoms with van der Waals surface area (Å²) < 4.78 is 13.8. The van der Waals surface area contributed by atoms with Crippen LogP contribution in [0.15, 0.2) is 18.2 Å². The Morgan fingerprint density at radius 1 is 1.39 bits per heavy atom. The summed E-state index contributed by atoms with van der Waals surface area (Å²) in [5.41, 5.74) is 3.34. The molecule has 1 aromatic carbocycles. The molecule has 3 heteroatoms. The highest BCUT2D eigenvalue weighted by Gasteiger charge is 2.34. The van der Waals surface area contributed by atoms with Crippen LogP contribution in [0.4, 0.5) is 4.39 Å². The molecule has 18 heavy (non-hydrogen) atoms. The lowest BCUT2D eigenvalue weighted by Crippen LogP contribution is -2.31. The third-order valence-electron chi connectivity index (χ3n) is 4.01. The molecule has 1 heterocycles. The number of aromatic amines is 1. The summed E-state index contributed by atoms with van der Waals surface area (Å²) in [7, 11) is 1.98. The Morgan fingerprint density at radius 2 is 2.17 bits per heavy atom. The van der Waals surface area contributed by atoms with Crippen LogP contribution < -0.4 is 5.32 Å². The fraction of sp³-hybridized carbons (Fsp3) is 0.467. The molecule has 0 radical (unpaired) electrons. The van der Waals surface area contributed by atoms with Crippen LogP contribution in [0.1, 0.15) is 37.6 Å². The van der Waals surface area contributed by atoms with Gasteiger partial charge in [-0.3, -0.25) is 0 Å². The lowest BCUT2D eigenvalue weighted by atomic mass is 9.74. The van der Waals surface area contributed by atoms with Gasteiger partial charge >= 0.3 is 0 Å². The predicted molar refractivity (Wildman–Crippen MR) is 72.2 cm³/mol. The molecule has 2 N–H and O–H groups in total. The molecule has 2 aromatic rings. The molecular weight excluding hydrogens is 227 g/mol. The topological polar surface area (TPSA) is 27.8 Å². The summed E-state index contributed by atoms with van der Waals surface area (Å²) in [6.07, 6.45) is 2.06. The van der Waals surface area contributed by atoms with E-state index in [9.17, 15) is 4.39 Å². The maximum absolute atomic E-state index is 13.8. The van der Waals surface area contributed by atoms with Crippen molar-refractivity contribution >= 4 is 10.9 Å². The van der Waals surface area contributed by atoms with Crippen molar-refractivity contribution in [2.24, 2.45) is 5.41 Å². The minimum absolute atomic E-state index is 0.158. The number of aromatic nitrogens is 1. The molecule has 1 aliphatic rings. The first kappa shape index (κ1) is 11.7. The van der Waals surface area contributed by atoms with Gasteiger partial charge in [-0.25, -0.2) is 4.39 Å². The largest absolute Gasteiger partial charge is 0.356 e. The van der Waals surface area contributed by atoms with Gasteiger partial charge in [-0.15, -0.1) is 0 Å². The SMILES string of the molecule is CNC1CC(C)(C)Cc2[nH]c3c(F)cccc3c21. The Morgan fingerprint density at radius 3 is 2.89 bits per heavy atom. The van der Waals surface area contributed by atoms with E-state index >= 15 is 0 Å². The van der Waals surface area contributed by atoms with E-state index in [2.05, 4.69) is 24.1 Å². The molecule has 3 rings (SSSR count). The Hall–Kier alpha value is -1.35. The maximum atomic E-state index is 13.8. The van der Waals surface area contributed by atoms with Gasteiger partial charge in [0.05, 0.1) is 5.52 Å². The van der Waals surface area contributed by atoms with E-state index in [1.54, 1.807) is 6.07 Å². The normalized spacial score (nSPS) is 22.1. The molecule has 1 atom stereocenters. The minimum atomic E-state index is -0.158. The smallest absolute Gasteiger partial charge is 0.147 e. The van der Waals surface area contributed by atoms with Crippen molar-refractivity contribution in [2.45, 2.75) is 32.7 Å². The second kappa shape index (κ2) is 3.82. The molecule has 0 saturated carbocycles. The van der Waals surface area contributed by atoms with E-state index < -0.39 is 0 Å². The van der Waals surface area contributed by atoms with Crippen molar-refractivity contribution in [3.05, 3.63) is 35.3 Å². The molecule has 96 valence electrons. The van der Waals surface area contributed by atoms with Gasteiger partial charge in [-0.1, -0.05) is 26.0 Å². The molecule has 2 nitrogen and oxygen atoms in total. The van der Waals surface area contributed by atoms with Crippen molar-refractivity contribution in [1.82, 2.24) is 10.3 Å². The summed E-state index contributed by atoms with van der Waals surface area (Å²) in [6, 6.07) is 5.62. The van der Waals surface area contributed by atoms with Crippen LogP contribution in [0.2, 0.25) is 0 Å². The summed E-state index contributed by atoms with van der Waals surface area (Å²) >= 11 is 0. The average molecular weight is 246 g/mol. The predicted octanol–water partition coefficient (Wildman–Crippen LogP) is 3.54. The van der Waals surface area contributed by atoms with Gasteiger partial charge in [0.2, 0.25) is 0 Å². The molecule has 0 aliphatic heterocycles. The summed E-state index contributed by atoms with van der Waals surface area (Å²) in [5, 5.41) is 4.40. The van der Waals surface area contributed by atoms with Crippen molar-refractivity contribution in [3.8, 4) is 0 Å². The number of hydrogen-bond acceptors (Lipinski definition) is 1. The molecule has 0 saturated heterocycles. The Kier molecular flexibility index (Phi) is 2.49. The molecule has 0 fully saturated rings. The van der Waals surface area contributed by atoms with E-state index in [-0.39, 0.29) is 11.2 Å². The van der Waals surface area contributed by atoms with E-state index in [1.807, 2.05) is 13.1 Å². The van der Waals surface area contributed by atoms with Gasteiger partial charge in [0.15, 0.2) is 0 Å². The van der Waals surface area contributed by atoms with Crippen LogP contribution in [0, 0.1) is 11.2 Å². The lowest BCUT2D eigenvalue weighted by molar-refractivity contribution is 0.264. The summed E-state index contributed by atoms with van der Waals surface area (Å²) in [4.78, 5) is 3.29. The fourth-order valence-electron chi connectivity index (χ4n) is 3.25. The van der Waals surface area contributed by atoms with Crippen LogP contribution in [0.25, 0.3) is 10.9 Å². The zero-order valence-electron chi connectivity index (χ0n) is 11.1. The van der Waals surface area contributed by atoms with E-state index in [0.29, 0.717) is 11.6 Å². The highest BCUT2D eigenvalue weighted by Crippen LogP contribution is 2.43. The Balaban J connectivity index is 2.27. The molecule has 1 aliphatic carbocycles. The molecule has 1 unspecified atom stereocenters. The Labute approximate surface area is 107 Å². The van der Waals surface area contributed by atoms with Crippen LogP contribution in [0.5, 0.6) is 0 Å². The van der Waals surface area contributed by atoms with Gasteiger partial charge in [-0.2, -0.15) is 0 Å². The average Bonchev–Trinajstić information content (AvgIpc) is 2.66. The molecule has 0 amide bonds. The minimum Gasteiger partial charge on any atom is -0.356 e. The highest BCUT2D eigenvalue weighted by atomic mass is 19.1. The fourth-order valence-corrected chi connectivity index (χ4v) is 3.25. The Bertz CT molecular complexity index is 598. The molecular formula is C15H19FN2. The van der Waals surface area contributed by atoms with E-state index in [0.717, 1.165) is 18.2 Å². The molecule has 1 aromatic heterocycles. The van der Waals surface area contributed by atoms with E-state index in [4.69, 9.17) is 0 Å². The third kappa shape index (κ3) is 1.65. The van der Waals surface area contributed by atoms with Gasteiger partial charge in [0.1, 0.15) is 5.82 Å². The summed E-state index contributed by atoms with van der Waals surface area (Å²) in [6.45, 7) is 4.53. The zero-order valence-corrected chi connectivity index (χ0v) is 11.1. The number of rotatable bonds is 1. The van der Waals surface area contributed by atoms with Crippen LogP contribution in [-0.4, -0.2) is 12.0 Å². The van der Waals surface area contributed by atoms with Crippen molar-refractivity contribution in [3.63, 3.8) is 0 Å². The number of fused-ring (bicyclic) bond motifs is 3. The second-order valence-electron chi connectivity index (χ2n) is 6.07. The molecule has 0 spiro atoms. The number of benzene rings is 1. The van der Waals surface area contributed by atoms with E-state index in [1.165, 1.54) is 17.3 Å². The van der Waals surface area contributed by atoms with Gasteiger partial charge in [0, 0.05) is 17.1 Å². The first-order valence-corrected chi connectivity index (χ1v) is 6.48. The maximum Gasteiger partial charge on any atom is 0.147 e. The third-order valence-corrected chi connectivity index (χ3v) is 4.01. The quantitative estimate of drug-likeness (QED) is 0.791. The monoisotopic (exact) mass is 246 g/mol. The first-order valence-electron chi connectivity index (χ1n) is 6.48. The number of halogens is 1. The van der Waals surface area contributed by atoms with Crippen molar-refractivity contribution in [1.29, 1.82) is 0 Å². The molecule has 0 bridgehead atoms. The van der Waals surface area contributed by atoms with Crippen LogP contribution in [0.3, 0.4) is 0 Å². The number of H-pyrrole nitrogens is 1. The summed E-state index contributed by atoms with van der Waals surface area (Å²) in [5.74, 6) is -0.158. The zero-order chi connectivity index (χ0) is 12.9. The van der Waals surface area contributed by atoms with Gasteiger partial charge in [0.25, 0.3) is 0 Å². The standard InChI is InChI=1S/C15H19FN2/c1-15(2)7-11(17-3)13-9-5-4-6-10(16)14(9)18-12(13)8-15/h4-6,11,17-18H,7-8H2,1-3H3. The number of hydrogen-bond donors (Lipinski definition) is 2. The van der Waals surface area contributed by atoms with Crippen LogP contribution in [-0.2, 0) is 6.42 Å². The van der Waals surface area contributed by atoms with Crippen molar-refractivity contribution in [2.75, 3.05) is 7.05 Å². The lowest BCUT2D eigenvalue weighted by Gasteiger charge is -2.35. The number of para-hydroxylation sites is 1. The first-order chi connectivity index (χ1) is 8.52. The van der Waals surface area contributed by atoms with Crippen LogP contribution >= 0.6 is 0 Å². The highest BCUT2D eigenvalue weighted by molar-refractivity contribution is 5.86. The van der Waals surface area contributed by atoms with Gasteiger partial charge < -0.3 is 10.3 Å². The number of nitrogens with one attached hydrogen (secondary N) is 2.